The van der Waals surface area contributed by atoms with E-state index in [1.807, 2.05) is 13.8 Å². The van der Waals surface area contributed by atoms with Gasteiger partial charge >= 0.3 is 0 Å². The van der Waals surface area contributed by atoms with Crippen LogP contribution in [0.4, 0.5) is 0 Å². The molecule has 54 valence electrons. The van der Waals surface area contributed by atoms with Gasteiger partial charge in [0, 0.05) is 5.56 Å². The number of epoxide rings is 1. The van der Waals surface area contributed by atoms with Gasteiger partial charge in [0.1, 0.15) is 11.9 Å². The highest BCUT2D eigenvalue weighted by Gasteiger charge is 2.30. The van der Waals surface area contributed by atoms with Gasteiger partial charge in [0.25, 0.3) is 0 Å². The Kier molecular flexibility index (Phi) is 1.08. The molecule has 1 unspecified atom stereocenters. The molecular weight excluding hydrogens is 130 g/mol. The second-order valence-corrected chi connectivity index (χ2v) is 2.56. The summed E-state index contributed by atoms with van der Waals surface area (Å²) in [5.74, 6) is 0.889. The van der Waals surface area contributed by atoms with Gasteiger partial charge in [-0.3, -0.25) is 0 Å². The first kappa shape index (κ1) is 5.92. The second kappa shape index (κ2) is 1.83. The number of nitrogens with zero attached hydrogens (tertiary/aromatic N) is 1. The molecule has 1 aromatic heterocycles. The summed E-state index contributed by atoms with van der Waals surface area (Å²) in [6.45, 7) is 4.67. The van der Waals surface area contributed by atoms with E-state index in [4.69, 9.17) is 9.26 Å². The van der Waals surface area contributed by atoms with Crippen molar-refractivity contribution in [3.05, 3.63) is 17.0 Å². The number of ether oxygens (including phenoxy) is 1. The van der Waals surface area contributed by atoms with Crippen molar-refractivity contribution in [2.24, 2.45) is 0 Å². The fourth-order valence-corrected chi connectivity index (χ4v) is 1.16. The average molecular weight is 139 g/mol. The van der Waals surface area contributed by atoms with Crippen molar-refractivity contribution in [2.45, 2.75) is 20.0 Å². The third kappa shape index (κ3) is 0.743. The standard InChI is InChI=1S/C7H9NO2/c1-4-7(6-3-9-6)5(2)10-8-4/h6H,3H2,1-2H3. The largest absolute Gasteiger partial charge is 0.368 e. The van der Waals surface area contributed by atoms with Crippen molar-refractivity contribution in [3.63, 3.8) is 0 Å². The summed E-state index contributed by atoms with van der Waals surface area (Å²) in [5, 5.41) is 3.82. The zero-order valence-electron chi connectivity index (χ0n) is 6.05. The van der Waals surface area contributed by atoms with Gasteiger partial charge in [0.05, 0.1) is 12.3 Å². The van der Waals surface area contributed by atoms with Crippen LogP contribution < -0.4 is 0 Å². The third-order valence-electron chi connectivity index (χ3n) is 1.74. The molecule has 2 rings (SSSR count). The topological polar surface area (TPSA) is 38.6 Å². The van der Waals surface area contributed by atoms with Crippen LogP contribution in [0.2, 0.25) is 0 Å². The van der Waals surface area contributed by atoms with E-state index in [0.29, 0.717) is 0 Å². The minimum absolute atomic E-state index is 0.270. The number of rotatable bonds is 1. The molecule has 1 fully saturated rings. The first-order chi connectivity index (χ1) is 4.79. The van der Waals surface area contributed by atoms with Crippen molar-refractivity contribution in [1.29, 1.82) is 0 Å². The van der Waals surface area contributed by atoms with Crippen molar-refractivity contribution in [1.82, 2.24) is 5.16 Å². The quantitative estimate of drug-likeness (QED) is 0.551. The zero-order chi connectivity index (χ0) is 7.14. The minimum Gasteiger partial charge on any atom is -0.368 e. The Morgan fingerprint density at radius 1 is 1.50 bits per heavy atom. The van der Waals surface area contributed by atoms with Crippen LogP contribution in [0.1, 0.15) is 23.1 Å². The van der Waals surface area contributed by atoms with E-state index in [1.165, 1.54) is 0 Å². The summed E-state index contributed by atoms with van der Waals surface area (Å²) in [7, 11) is 0. The van der Waals surface area contributed by atoms with Crippen LogP contribution in [0.25, 0.3) is 0 Å². The van der Waals surface area contributed by atoms with E-state index in [2.05, 4.69) is 5.16 Å². The minimum atomic E-state index is 0.270. The van der Waals surface area contributed by atoms with Crippen LogP contribution in [-0.2, 0) is 4.74 Å². The maximum absolute atomic E-state index is 5.11. The van der Waals surface area contributed by atoms with E-state index in [1.54, 1.807) is 0 Å². The summed E-state index contributed by atoms with van der Waals surface area (Å²) in [6, 6.07) is 0. The summed E-state index contributed by atoms with van der Waals surface area (Å²) in [5.41, 5.74) is 2.10. The van der Waals surface area contributed by atoms with Crippen LogP contribution in [0.3, 0.4) is 0 Å². The molecule has 3 heteroatoms. The molecule has 0 saturated carbocycles. The van der Waals surface area contributed by atoms with Crippen molar-refractivity contribution in [3.8, 4) is 0 Å². The molecule has 1 atom stereocenters. The predicted molar refractivity (Wildman–Crippen MR) is 34.7 cm³/mol. The molecule has 1 aliphatic heterocycles. The third-order valence-corrected chi connectivity index (χ3v) is 1.74. The first-order valence-corrected chi connectivity index (χ1v) is 3.33. The van der Waals surface area contributed by atoms with E-state index < -0.39 is 0 Å². The number of aromatic nitrogens is 1. The number of aryl methyl sites for hydroxylation is 2. The normalized spacial score (nSPS) is 23.2. The smallest absolute Gasteiger partial charge is 0.139 e. The highest BCUT2D eigenvalue weighted by atomic mass is 16.6. The Labute approximate surface area is 59.0 Å². The van der Waals surface area contributed by atoms with Gasteiger partial charge in [-0.1, -0.05) is 5.16 Å². The van der Waals surface area contributed by atoms with E-state index in [-0.39, 0.29) is 6.10 Å². The molecule has 0 radical (unpaired) electrons. The van der Waals surface area contributed by atoms with E-state index in [9.17, 15) is 0 Å². The Balaban J connectivity index is 2.44. The lowest BCUT2D eigenvalue weighted by Crippen LogP contribution is -1.83. The molecule has 1 saturated heterocycles. The maximum atomic E-state index is 5.11. The van der Waals surface area contributed by atoms with Gasteiger partial charge in [-0.05, 0) is 13.8 Å². The molecule has 0 spiro atoms. The van der Waals surface area contributed by atoms with Gasteiger partial charge in [-0.25, -0.2) is 0 Å². The van der Waals surface area contributed by atoms with Crippen LogP contribution >= 0.6 is 0 Å². The lowest BCUT2D eigenvalue weighted by atomic mass is 10.1. The lowest BCUT2D eigenvalue weighted by Gasteiger charge is -1.88. The summed E-state index contributed by atoms with van der Waals surface area (Å²) in [4.78, 5) is 0. The Morgan fingerprint density at radius 2 is 2.20 bits per heavy atom. The second-order valence-electron chi connectivity index (χ2n) is 2.56. The zero-order valence-corrected chi connectivity index (χ0v) is 6.05. The Morgan fingerprint density at radius 3 is 2.60 bits per heavy atom. The van der Waals surface area contributed by atoms with Gasteiger partial charge < -0.3 is 9.26 Å². The molecule has 0 bridgehead atoms. The molecule has 0 aromatic carbocycles. The highest BCUT2D eigenvalue weighted by Crippen LogP contribution is 2.33. The first-order valence-electron chi connectivity index (χ1n) is 3.33. The molecular formula is C7H9NO2. The van der Waals surface area contributed by atoms with Crippen molar-refractivity contribution in [2.75, 3.05) is 6.61 Å². The SMILES string of the molecule is Cc1noc(C)c1C1CO1. The van der Waals surface area contributed by atoms with Gasteiger partial charge in [-0.15, -0.1) is 0 Å². The number of hydrogen-bond donors (Lipinski definition) is 0. The van der Waals surface area contributed by atoms with Crippen LogP contribution in [0, 0.1) is 13.8 Å². The summed E-state index contributed by atoms with van der Waals surface area (Å²) < 4.78 is 10.1. The molecule has 0 N–H and O–H groups in total. The summed E-state index contributed by atoms with van der Waals surface area (Å²) in [6.07, 6.45) is 0.270. The average Bonchev–Trinajstić information content (AvgIpc) is 2.64. The Hall–Kier alpha value is -0.830. The van der Waals surface area contributed by atoms with Crippen LogP contribution in [-0.4, -0.2) is 11.8 Å². The fourth-order valence-electron chi connectivity index (χ4n) is 1.16. The van der Waals surface area contributed by atoms with E-state index >= 15 is 0 Å². The highest BCUT2D eigenvalue weighted by molar-refractivity contribution is 5.26. The molecule has 10 heavy (non-hydrogen) atoms. The lowest BCUT2D eigenvalue weighted by molar-refractivity contribution is 0.385. The van der Waals surface area contributed by atoms with Gasteiger partial charge in [0.15, 0.2) is 0 Å². The molecule has 0 amide bonds. The monoisotopic (exact) mass is 139 g/mol. The molecule has 0 aliphatic carbocycles. The number of hydrogen-bond acceptors (Lipinski definition) is 3. The van der Waals surface area contributed by atoms with Gasteiger partial charge in [-0.2, -0.15) is 0 Å². The van der Waals surface area contributed by atoms with Crippen molar-refractivity contribution < 1.29 is 9.26 Å². The van der Waals surface area contributed by atoms with Crippen LogP contribution in [0.15, 0.2) is 4.52 Å². The summed E-state index contributed by atoms with van der Waals surface area (Å²) >= 11 is 0. The molecule has 1 aromatic rings. The van der Waals surface area contributed by atoms with Crippen molar-refractivity contribution >= 4 is 0 Å². The molecule has 1 aliphatic rings. The Bertz CT molecular complexity index is 231. The van der Waals surface area contributed by atoms with Crippen LogP contribution in [0.5, 0.6) is 0 Å². The van der Waals surface area contributed by atoms with Gasteiger partial charge in [0.2, 0.25) is 0 Å². The molecule has 2 heterocycles. The van der Waals surface area contributed by atoms with E-state index in [0.717, 1.165) is 23.6 Å². The predicted octanol–water partition coefficient (Wildman–Crippen LogP) is 1.36. The fraction of sp³-hybridized carbons (Fsp3) is 0.571. The maximum Gasteiger partial charge on any atom is 0.139 e. The molecule has 3 nitrogen and oxygen atoms in total.